The molecule has 2 heterocycles. The Morgan fingerprint density at radius 2 is 1.86 bits per heavy atom. The molecule has 1 spiro atoms. The Bertz CT molecular complexity index is 717. The van der Waals surface area contributed by atoms with Gasteiger partial charge in [-0.2, -0.15) is 0 Å². The van der Waals surface area contributed by atoms with Gasteiger partial charge in [0.25, 0.3) is 0 Å². The SMILES string of the molecule is O=C(O)N1CCC[C@@]2(CC(Cc3ccccc3)N([C@H]3CC[C@H](O)CC3)C2=O)C1. The van der Waals surface area contributed by atoms with Gasteiger partial charge in [-0.15, -0.1) is 0 Å². The quantitative estimate of drug-likeness (QED) is 0.837. The second-order valence-corrected chi connectivity index (χ2v) is 8.81. The van der Waals surface area contributed by atoms with Crippen molar-refractivity contribution in [2.75, 3.05) is 13.1 Å². The summed E-state index contributed by atoms with van der Waals surface area (Å²) < 4.78 is 0. The van der Waals surface area contributed by atoms with Crippen LogP contribution in [0.1, 0.15) is 50.5 Å². The van der Waals surface area contributed by atoms with E-state index in [1.54, 1.807) is 0 Å². The fourth-order valence-electron chi connectivity index (χ4n) is 5.57. The van der Waals surface area contributed by atoms with Crippen LogP contribution in [0, 0.1) is 5.41 Å². The van der Waals surface area contributed by atoms with Crippen LogP contribution in [0.15, 0.2) is 30.3 Å². The molecule has 2 amide bonds. The first-order valence-electron chi connectivity index (χ1n) is 10.5. The molecule has 1 saturated carbocycles. The number of nitrogens with zero attached hydrogens (tertiary/aromatic N) is 2. The van der Waals surface area contributed by atoms with E-state index in [1.807, 2.05) is 18.2 Å². The van der Waals surface area contributed by atoms with E-state index in [4.69, 9.17) is 0 Å². The van der Waals surface area contributed by atoms with Gasteiger partial charge >= 0.3 is 6.09 Å². The summed E-state index contributed by atoms with van der Waals surface area (Å²) in [7, 11) is 0. The highest BCUT2D eigenvalue weighted by molar-refractivity contribution is 5.87. The van der Waals surface area contributed by atoms with Gasteiger partial charge in [0.2, 0.25) is 5.91 Å². The number of aliphatic hydroxyl groups is 1. The largest absolute Gasteiger partial charge is 0.465 e. The average Bonchev–Trinajstić information content (AvgIpc) is 2.94. The number of likely N-dealkylation sites (tertiary alicyclic amines) is 2. The first-order chi connectivity index (χ1) is 13.5. The molecule has 6 heteroatoms. The molecular formula is C22H30N2O4. The highest BCUT2D eigenvalue weighted by Gasteiger charge is 2.55. The summed E-state index contributed by atoms with van der Waals surface area (Å²) in [6.45, 7) is 0.835. The molecule has 28 heavy (non-hydrogen) atoms. The van der Waals surface area contributed by atoms with E-state index in [0.29, 0.717) is 13.1 Å². The Balaban J connectivity index is 1.60. The van der Waals surface area contributed by atoms with Gasteiger partial charge in [0.15, 0.2) is 0 Å². The van der Waals surface area contributed by atoms with Gasteiger partial charge < -0.3 is 20.0 Å². The van der Waals surface area contributed by atoms with Crippen molar-refractivity contribution >= 4 is 12.0 Å². The molecule has 0 radical (unpaired) electrons. The van der Waals surface area contributed by atoms with E-state index >= 15 is 0 Å². The third kappa shape index (κ3) is 3.62. The van der Waals surface area contributed by atoms with Gasteiger partial charge in [-0.25, -0.2) is 4.79 Å². The van der Waals surface area contributed by atoms with Crippen LogP contribution in [0.5, 0.6) is 0 Å². The van der Waals surface area contributed by atoms with Crippen molar-refractivity contribution in [1.82, 2.24) is 9.80 Å². The minimum atomic E-state index is -0.925. The zero-order chi connectivity index (χ0) is 19.7. The molecule has 2 aliphatic heterocycles. The summed E-state index contributed by atoms with van der Waals surface area (Å²) in [4.78, 5) is 28.8. The molecule has 2 saturated heterocycles. The van der Waals surface area contributed by atoms with Crippen LogP contribution in [-0.2, 0) is 11.2 Å². The number of carbonyl (C=O) groups is 2. The summed E-state index contributed by atoms with van der Waals surface area (Å²) in [5.74, 6) is 0.140. The molecule has 3 fully saturated rings. The number of carbonyl (C=O) groups excluding carboxylic acids is 1. The molecule has 1 aliphatic carbocycles. The van der Waals surface area contributed by atoms with Crippen molar-refractivity contribution in [2.45, 2.75) is 69.6 Å². The van der Waals surface area contributed by atoms with E-state index in [2.05, 4.69) is 17.0 Å². The van der Waals surface area contributed by atoms with E-state index in [9.17, 15) is 19.8 Å². The minimum Gasteiger partial charge on any atom is -0.465 e. The lowest BCUT2D eigenvalue weighted by atomic mass is 9.77. The second-order valence-electron chi connectivity index (χ2n) is 8.81. The molecule has 3 aliphatic rings. The normalized spacial score (nSPS) is 33.5. The van der Waals surface area contributed by atoms with Crippen LogP contribution >= 0.6 is 0 Å². The Labute approximate surface area is 166 Å². The van der Waals surface area contributed by atoms with Crippen LogP contribution in [0.4, 0.5) is 4.79 Å². The molecule has 2 atom stereocenters. The molecule has 1 aromatic rings. The fourth-order valence-corrected chi connectivity index (χ4v) is 5.57. The van der Waals surface area contributed by atoms with Crippen molar-refractivity contribution in [3.05, 3.63) is 35.9 Å². The fraction of sp³-hybridized carbons (Fsp3) is 0.636. The monoisotopic (exact) mass is 386 g/mol. The number of hydrogen-bond acceptors (Lipinski definition) is 3. The summed E-state index contributed by atoms with van der Waals surface area (Å²) in [5.41, 5.74) is 0.635. The van der Waals surface area contributed by atoms with Crippen molar-refractivity contribution < 1.29 is 19.8 Å². The molecular weight excluding hydrogens is 356 g/mol. The highest BCUT2D eigenvalue weighted by Crippen LogP contribution is 2.46. The Morgan fingerprint density at radius 3 is 2.54 bits per heavy atom. The van der Waals surface area contributed by atoms with Crippen LogP contribution in [0.2, 0.25) is 0 Å². The van der Waals surface area contributed by atoms with Gasteiger partial charge in [-0.05, 0) is 56.9 Å². The van der Waals surface area contributed by atoms with Gasteiger partial charge in [-0.1, -0.05) is 30.3 Å². The van der Waals surface area contributed by atoms with Crippen LogP contribution in [-0.4, -0.2) is 63.3 Å². The number of carboxylic acid groups (broad SMARTS) is 1. The van der Waals surface area contributed by atoms with Gasteiger partial charge in [-0.3, -0.25) is 4.79 Å². The standard InChI is InChI=1S/C22H30N2O4/c25-19-9-7-17(8-10-19)24-18(13-16-5-2-1-3-6-16)14-22(20(24)26)11-4-12-23(15-22)21(27)28/h1-3,5-6,17-19,25H,4,7-15H2,(H,27,28)/t17-,18?,19-,22-/m1/s1. The maximum absolute atomic E-state index is 13.7. The lowest BCUT2D eigenvalue weighted by Gasteiger charge is -2.40. The molecule has 1 unspecified atom stereocenters. The number of piperidine rings is 1. The van der Waals surface area contributed by atoms with E-state index in [0.717, 1.165) is 51.4 Å². The highest BCUT2D eigenvalue weighted by atomic mass is 16.4. The van der Waals surface area contributed by atoms with Crippen molar-refractivity contribution in [3.8, 4) is 0 Å². The summed E-state index contributed by atoms with van der Waals surface area (Å²) in [6.07, 6.45) is 5.00. The molecule has 6 nitrogen and oxygen atoms in total. The maximum atomic E-state index is 13.7. The number of hydrogen-bond donors (Lipinski definition) is 2. The Kier molecular flexibility index (Phi) is 5.32. The topological polar surface area (TPSA) is 81.1 Å². The zero-order valence-electron chi connectivity index (χ0n) is 16.3. The lowest BCUT2D eigenvalue weighted by molar-refractivity contribution is -0.142. The van der Waals surface area contributed by atoms with E-state index in [-0.39, 0.29) is 24.1 Å². The average molecular weight is 386 g/mol. The van der Waals surface area contributed by atoms with Crippen LogP contribution < -0.4 is 0 Å². The van der Waals surface area contributed by atoms with Gasteiger partial charge in [0.1, 0.15) is 0 Å². The Hall–Kier alpha value is -2.08. The van der Waals surface area contributed by atoms with E-state index < -0.39 is 11.5 Å². The zero-order valence-corrected chi connectivity index (χ0v) is 16.3. The molecule has 152 valence electrons. The summed E-state index contributed by atoms with van der Waals surface area (Å²) in [5, 5.41) is 19.4. The number of benzene rings is 1. The second kappa shape index (κ2) is 7.74. The van der Waals surface area contributed by atoms with Crippen molar-refractivity contribution in [1.29, 1.82) is 0 Å². The Morgan fingerprint density at radius 1 is 1.14 bits per heavy atom. The first-order valence-corrected chi connectivity index (χ1v) is 10.5. The third-order valence-electron chi connectivity index (χ3n) is 6.93. The number of rotatable bonds is 3. The molecule has 0 bridgehead atoms. The lowest BCUT2D eigenvalue weighted by Crippen LogP contribution is -2.51. The van der Waals surface area contributed by atoms with Gasteiger partial charge in [0, 0.05) is 25.2 Å². The van der Waals surface area contributed by atoms with Crippen LogP contribution in [0.25, 0.3) is 0 Å². The molecule has 2 N–H and O–H groups in total. The molecule has 0 aromatic heterocycles. The third-order valence-corrected chi connectivity index (χ3v) is 6.93. The minimum absolute atomic E-state index is 0.101. The number of amides is 2. The first kappa shape index (κ1) is 19.2. The maximum Gasteiger partial charge on any atom is 0.407 e. The summed E-state index contributed by atoms with van der Waals surface area (Å²) >= 11 is 0. The van der Waals surface area contributed by atoms with E-state index in [1.165, 1.54) is 10.5 Å². The van der Waals surface area contributed by atoms with Gasteiger partial charge in [0.05, 0.1) is 11.5 Å². The van der Waals surface area contributed by atoms with Crippen molar-refractivity contribution in [2.24, 2.45) is 5.41 Å². The molecule has 4 rings (SSSR count). The van der Waals surface area contributed by atoms with Crippen molar-refractivity contribution in [3.63, 3.8) is 0 Å². The summed E-state index contributed by atoms with van der Waals surface area (Å²) in [6, 6.07) is 10.5. The predicted molar refractivity (Wildman–Crippen MR) is 105 cm³/mol. The predicted octanol–water partition coefficient (Wildman–Crippen LogP) is 2.89. The number of aliphatic hydroxyl groups excluding tert-OH is 1. The molecule has 1 aromatic carbocycles. The smallest absolute Gasteiger partial charge is 0.407 e. The van der Waals surface area contributed by atoms with Crippen LogP contribution in [0.3, 0.4) is 0 Å².